The van der Waals surface area contributed by atoms with E-state index in [9.17, 15) is 4.79 Å². The lowest BCUT2D eigenvalue weighted by atomic mass is 10.2. The zero-order chi connectivity index (χ0) is 11.6. The summed E-state index contributed by atoms with van der Waals surface area (Å²) in [6.45, 7) is 0.658. The number of alkyl halides is 1. The Morgan fingerprint density at radius 3 is 2.56 bits per heavy atom. The fourth-order valence-electron chi connectivity index (χ4n) is 1.03. The number of hydrogen-bond acceptors (Lipinski definition) is 3. The highest BCUT2D eigenvalue weighted by Gasteiger charge is 2.03. The van der Waals surface area contributed by atoms with Crippen LogP contribution in [0.2, 0.25) is 0 Å². The highest BCUT2D eigenvalue weighted by molar-refractivity contribution is 6.17. The third-order valence-corrected chi connectivity index (χ3v) is 1.93. The van der Waals surface area contributed by atoms with Crippen molar-refractivity contribution < 1.29 is 14.3 Å². The second-order valence-corrected chi connectivity index (χ2v) is 3.13. The molecule has 0 saturated heterocycles. The molecule has 0 aliphatic heterocycles. The summed E-state index contributed by atoms with van der Waals surface area (Å²) in [4.78, 5) is 11.4. The number of esters is 1. The molecule has 3 nitrogen and oxygen atoms in total. The summed E-state index contributed by atoms with van der Waals surface area (Å²) >= 11 is 5.30. The van der Waals surface area contributed by atoms with Gasteiger partial charge in [0.15, 0.2) is 0 Å². The molecule has 0 atom stereocenters. The summed E-state index contributed by atoms with van der Waals surface area (Å²) in [5.74, 6) is -0.330. The first-order chi connectivity index (χ1) is 7.84. The lowest BCUT2D eigenvalue weighted by molar-refractivity contribution is 0.0548. The quantitative estimate of drug-likeness (QED) is 0.332. The van der Waals surface area contributed by atoms with Crippen LogP contribution in [0.3, 0.4) is 0 Å². The second-order valence-electron chi connectivity index (χ2n) is 2.92. The Bertz CT molecular complexity index is 335. The fourth-order valence-corrected chi connectivity index (χ4v) is 1.12. The Morgan fingerprint density at radius 2 is 1.88 bits per heavy atom. The van der Waals surface area contributed by atoms with Crippen LogP contribution in [0, 0.1) is 0 Å². The van der Waals surface area contributed by atoms with Gasteiger partial charge in [0.05, 0.1) is 12.2 Å². The van der Waals surface area contributed by atoms with Crippen LogP contribution in [0.4, 0.5) is 0 Å². The maximum Gasteiger partial charge on any atom is 0.338 e. The van der Waals surface area contributed by atoms with Gasteiger partial charge in [-0.05, 0) is 18.2 Å². The number of hydrogen-bond donors (Lipinski definition) is 0. The van der Waals surface area contributed by atoms with Gasteiger partial charge in [-0.25, -0.2) is 4.79 Å². The van der Waals surface area contributed by atoms with Crippen molar-refractivity contribution in [3.8, 4) is 0 Å². The first kappa shape index (κ1) is 12.7. The van der Waals surface area contributed by atoms with Gasteiger partial charge in [0.1, 0.15) is 12.7 Å². The first-order valence-corrected chi connectivity index (χ1v) is 5.39. The Morgan fingerprint density at radius 1 is 1.19 bits per heavy atom. The van der Waals surface area contributed by atoms with Gasteiger partial charge < -0.3 is 9.47 Å². The van der Waals surface area contributed by atoms with Crippen LogP contribution < -0.4 is 0 Å². The molecule has 0 unspecified atom stereocenters. The lowest BCUT2D eigenvalue weighted by Gasteiger charge is -2.00. The number of ether oxygens (including phenoxy) is 2. The highest BCUT2D eigenvalue weighted by atomic mass is 35.5. The van der Waals surface area contributed by atoms with E-state index in [-0.39, 0.29) is 18.6 Å². The Hall–Kier alpha value is -1.32. The first-order valence-electron chi connectivity index (χ1n) is 4.85. The molecule has 16 heavy (non-hydrogen) atoms. The number of carbonyl (C=O) groups is 1. The lowest BCUT2D eigenvalue weighted by Crippen LogP contribution is -2.04. The molecular weight excluding hydrogens is 228 g/mol. The molecule has 0 saturated carbocycles. The Kier molecular flexibility index (Phi) is 6.30. The Balaban J connectivity index is 2.23. The van der Waals surface area contributed by atoms with Crippen LogP contribution in [-0.2, 0) is 9.47 Å². The number of halogens is 1. The monoisotopic (exact) mass is 240 g/mol. The van der Waals surface area contributed by atoms with Crippen LogP contribution in [0.25, 0.3) is 0 Å². The maximum absolute atomic E-state index is 11.4. The third-order valence-electron chi connectivity index (χ3n) is 1.78. The molecule has 1 rings (SSSR count). The van der Waals surface area contributed by atoms with E-state index in [4.69, 9.17) is 21.1 Å². The smallest absolute Gasteiger partial charge is 0.338 e. The molecular formula is C12H13ClO3. The molecule has 1 aromatic rings. The summed E-state index contributed by atoms with van der Waals surface area (Å²) in [6, 6.07) is 9.01. The molecule has 1 aromatic carbocycles. The molecule has 4 heteroatoms. The second kappa shape index (κ2) is 7.91. The Labute approximate surface area is 99.6 Å². The van der Waals surface area contributed by atoms with E-state index in [1.807, 2.05) is 6.07 Å². The topological polar surface area (TPSA) is 35.5 Å². The van der Waals surface area contributed by atoms with Gasteiger partial charge in [0.25, 0.3) is 0 Å². The summed E-state index contributed by atoms with van der Waals surface area (Å²) in [5.41, 5.74) is 0.549. The van der Waals surface area contributed by atoms with Gasteiger partial charge in [-0.1, -0.05) is 35.9 Å². The van der Waals surface area contributed by atoms with E-state index in [2.05, 4.69) is 0 Å². The van der Waals surface area contributed by atoms with Crippen molar-refractivity contribution in [2.75, 3.05) is 19.3 Å². The zero-order valence-electron chi connectivity index (χ0n) is 8.77. The van der Waals surface area contributed by atoms with Gasteiger partial charge in [-0.2, -0.15) is 0 Å². The normalized spacial score (nSPS) is 10.6. The average Bonchev–Trinajstić information content (AvgIpc) is 2.34. The molecule has 0 aliphatic carbocycles. The zero-order valence-corrected chi connectivity index (χ0v) is 9.52. The average molecular weight is 241 g/mol. The van der Waals surface area contributed by atoms with E-state index in [0.29, 0.717) is 12.2 Å². The van der Waals surface area contributed by atoms with Crippen LogP contribution in [0.15, 0.2) is 42.5 Å². The van der Waals surface area contributed by atoms with Gasteiger partial charge in [-0.3, -0.25) is 0 Å². The number of benzene rings is 1. The molecule has 0 amide bonds. The fraction of sp³-hybridized carbons (Fsp3) is 0.250. The van der Waals surface area contributed by atoms with E-state index in [0.717, 1.165) is 0 Å². The maximum atomic E-state index is 11.4. The number of rotatable bonds is 6. The van der Waals surface area contributed by atoms with E-state index in [1.165, 1.54) is 0 Å². The summed E-state index contributed by atoms with van der Waals surface area (Å²) < 4.78 is 9.86. The van der Waals surface area contributed by atoms with Crippen LogP contribution in [0.5, 0.6) is 0 Å². The molecule has 0 fully saturated rings. The SMILES string of the molecule is O=C(OC/C=C\COCCl)c1ccccc1. The predicted molar refractivity (Wildman–Crippen MR) is 62.5 cm³/mol. The van der Waals surface area contributed by atoms with Crippen LogP contribution >= 0.6 is 11.6 Å². The highest BCUT2D eigenvalue weighted by Crippen LogP contribution is 2.00. The summed E-state index contributed by atoms with van der Waals surface area (Å²) in [6.07, 6.45) is 3.47. The van der Waals surface area contributed by atoms with E-state index < -0.39 is 0 Å². The molecule has 0 aromatic heterocycles. The van der Waals surface area contributed by atoms with Crippen molar-refractivity contribution in [1.82, 2.24) is 0 Å². The molecule has 0 N–H and O–H groups in total. The van der Waals surface area contributed by atoms with Crippen molar-refractivity contribution in [2.24, 2.45) is 0 Å². The minimum atomic E-state index is -0.330. The van der Waals surface area contributed by atoms with Crippen molar-refractivity contribution in [2.45, 2.75) is 0 Å². The van der Waals surface area contributed by atoms with Gasteiger partial charge in [0, 0.05) is 0 Å². The molecule has 0 radical (unpaired) electrons. The number of carbonyl (C=O) groups excluding carboxylic acids is 1. The summed E-state index contributed by atoms with van der Waals surface area (Å²) in [7, 11) is 0. The van der Waals surface area contributed by atoms with Crippen molar-refractivity contribution >= 4 is 17.6 Å². The largest absolute Gasteiger partial charge is 0.458 e. The predicted octanol–water partition coefficient (Wildman–Crippen LogP) is 2.61. The molecule has 0 spiro atoms. The minimum absolute atomic E-state index is 0.161. The van der Waals surface area contributed by atoms with Crippen LogP contribution in [0.1, 0.15) is 10.4 Å². The van der Waals surface area contributed by atoms with Crippen molar-refractivity contribution in [3.63, 3.8) is 0 Å². The minimum Gasteiger partial charge on any atom is -0.458 e. The van der Waals surface area contributed by atoms with Gasteiger partial charge in [0.2, 0.25) is 0 Å². The van der Waals surface area contributed by atoms with Gasteiger partial charge in [-0.15, -0.1) is 0 Å². The summed E-state index contributed by atoms with van der Waals surface area (Å²) in [5, 5.41) is 0. The molecule has 86 valence electrons. The molecule has 0 aliphatic rings. The third kappa shape index (κ3) is 4.96. The molecule has 0 bridgehead atoms. The van der Waals surface area contributed by atoms with Crippen LogP contribution in [-0.4, -0.2) is 25.2 Å². The molecule has 0 heterocycles. The standard InChI is InChI=1S/C12H13ClO3/c13-10-15-8-4-5-9-16-12(14)11-6-2-1-3-7-11/h1-7H,8-10H2/b5-4-. The van der Waals surface area contributed by atoms with E-state index >= 15 is 0 Å². The van der Waals surface area contributed by atoms with Crippen molar-refractivity contribution in [3.05, 3.63) is 48.0 Å². The van der Waals surface area contributed by atoms with Gasteiger partial charge >= 0.3 is 5.97 Å². The van der Waals surface area contributed by atoms with Crippen molar-refractivity contribution in [1.29, 1.82) is 0 Å². The van der Waals surface area contributed by atoms with E-state index in [1.54, 1.807) is 36.4 Å².